The standard InChI is InChI=1S/C18H30BN3O4S3/c1-18(2,8-7-14(19)23)29-27-11-5-6-15(24)20-9-10-22-16(25)12-13(17(22)26)28-21(3)4/h13H,5-12H2,1-4H3,(H,20,24). The third-order valence-corrected chi connectivity index (χ3v) is 8.57. The molecule has 0 spiro atoms. The number of nitrogens with zero attached hydrogens (tertiary/aromatic N) is 2. The van der Waals surface area contributed by atoms with Gasteiger partial charge in [-0.2, -0.15) is 0 Å². The Morgan fingerprint density at radius 2 is 1.97 bits per heavy atom. The monoisotopic (exact) mass is 459 g/mol. The Kier molecular flexibility index (Phi) is 11.8. The van der Waals surface area contributed by atoms with E-state index in [1.807, 2.05) is 18.4 Å². The van der Waals surface area contributed by atoms with E-state index in [2.05, 4.69) is 19.2 Å². The van der Waals surface area contributed by atoms with E-state index in [4.69, 9.17) is 7.85 Å². The molecule has 1 aliphatic rings. The van der Waals surface area contributed by atoms with Crippen LogP contribution >= 0.6 is 33.5 Å². The second kappa shape index (κ2) is 12.9. The van der Waals surface area contributed by atoms with Crippen LogP contribution in [0.1, 0.15) is 46.0 Å². The summed E-state index contributed by atoms with van der Waals surface area (Å²) in [6.45, 7) is 4.63. The fourth-order valence-corrected chi connectivity index (χ4v) is 6.18. The Bertz CT molecular complexity index is 605. The van der Waals surface area contributed by atoms with Crippen LogP contribution in [0.2, 0.25) is 0 Å². The first-order valence-electron chi connectivity index (χ1n) is 9.56. The molecule has 0 bridgehead atoms. The second-order valence-electron chi connectivity index (χ2n) is 7.58. The highest BCUT2D eigenvalue weighted by Gasteiger charge is 2.39. The second-order valence-corrected chi connectivity index (χ2v) is 12.2. The zero-order valence-electron chi connectivity index (χ0n) is 17.6. The molecule has 29 heavy (non-hydrogen) atoms. The molecule has 162 valence electrons. The maximum Gasteiger partial charge on any atom is 0.244 e. The molecule has 1 N–H and O–H groups in total. The zero-order valence-corrected chi connectivity index (χ0v) is 20.0. The number of carbonyl (C=O) groups excluding carboxylic acids is 4. The van der Waals surface area contributed by atoms with E-state index in [9.17, 15) is 19.2 Å². The number of hydrogen-bond donors (Lipinski definition) is 1. The quantitative estimate of drug-likeness (QED) is 0.139. The van der Waals surface area contributed by atoms with Gasteiger partial charge in [-0.25, -0.2) is 0 Å². The Labute approximate surface area is 187 Å². The number of amides is 3. The van der Waals surface area contributed by atoms with Crippen molar-refractivity contribution in [2.24, 2.45) is 0 Å². The van der Waals surface area contributed by atoms with E-state index < -0.39 is 0 Å². The highest BCUT2D eigenvalue weighted by Crippen LogP contribution is 2.39. The van der Waals surface area contributed by atoms with Crippen molar-refractivity contribution in [3.05, 3.63) is 0 Å². The third-order valence-electron chi connectivity index (χ3n) is 4.09. The lowest BCUT2D eigenvalue weighted by atomic mass is 9.94. The Hall–Kier alpha value is -0.645. The molecule has 1 aliphatic heterocycles. The Morgan fingerprint density at radius 3 is 2.59 bits per heavy atom. The Balaban J connectivity index is 2.16. The SMILES string of the molecule is [B]C(=O)CCC(C)(C)SSCCCC(=O)NCCN1C(=O)CC(SN(C)C)C1=O. The fraction of sp³-hybridized carbons (Fsp3) is 0.778. The summed E-state index contributed by atoms with van der Waals surface area (Å²) in [5.41, 5.74) is -0.287. The van der Waals surface area contributed by atoms with Crippen LogP contribution in [0.5, 0.6) is 0 Å². The summed E-state index contributed by atoms with van der Waals surface area (Å²) in [6.07, 6.45) is 2.44. The van der Waals surface area contributed by atoms with Crippen LogP contribution in [-0.2, 0) is 19.2 Å². The van der Waals surface area contributed by atoms with Crippen molar-refractivity contribution in [1.82, 2.24) is 14.5 Å². The van der Waals surface area contributed by atoms with Crippen molar-refractivity contribution < 1.29 is 19.2 Å². The van der Waals surface area contributed by atoms with Gasteiger partial charge in [-0.1, -0.05) is 33.5 Å². The summed E-state index contributed by atoms with van der Waals surface area (Å²) < 4.78 is 1.77. The number of carbonyl (C=O) groups is 4. The van der Waals surface area contributed by atoms with Crippen LogP contribution in [0.25, 0.3) is 0 Å². The molecule has 1 unspecified atom stereocenters. The summed E-state index contributed by atoms with van der Waals surface area (Å²) in [5, 5.41) is 2.41. The van der Waals surface area contributed by atoms with Crippen molar-refractivity contribution in [2.45, 2.75) is 55.9 Å². The van der Waals surface area contributed by atoms with E-state index >= 15 is 0 Å². The number of nitrogens with one attached hydrogen (secondary N) is 1. The molecular weight excluding hydrogens is 429 g/mol. The molecule has 0 saturated carbocycles. The maximum absolute atomic E-state index is 12.3. The van der Waals surface area contributed by atoms with Gasteiger partial charge in [0.2, 0.25) is 17.7 Å². The van der Waals surface area contributed by atoms with Gasteiger partial charge in [0.25, 0.3) is 0 Å². The summed E-state index contributed by atoms with van der Waals surface area (Å²) in [5.74, 6) is 0.373. The molecule has 0 aromatic carbocycles. The van der Waals surface area contributed by atoms with Crippen molar-refractivity contribution in [1.29, 1.82) is 0 Å². The summed E-state index contributed by atoms with van der Waals surface area (Å²) >= 11 is 1.35. The van der Waals surface area contributed by atoms with Crippen LogP contribution in [0.15, 0.2) is 0 Å². The fourth-order valence-electron chi connectivity index (χ4n) is 2.58. The van der Waals surface area contributed by atoms with Gasteiger partial charge in [-0.15, -0.1) is 0 Å². The van der Waals surface area contributed by atoms with Crippen LogP contribution in [0, 0.1) is 0 Å². The highest BCUT2D eigenvalue weighted by molar-refractivity contribution is 8.77. The average molecular weight is 459 g/mol. The number of likely N-dealkylation sites (tertiary alicyclic amines) is 1. The van der Waals surface area contributed by atoms with Crippen LogP contribution < -0.4 is 5.32 Å². The van der Waals surface area contributed by atoms with Gasteiger partial charge in [0.15, 0.2) is 7.85 Å². The van der Waals surface area contributed by atoms with Crippen LogP contribution in [0.4, 0.5) is 0 Å². The predicted molar refractivity (Wildman–Crippen MR) is 123 cm³/mol. The minimum absolute atomic E-state index is 0.0422. The first-order valence-corrected chi connectivity index (χ1v) is 12.7. The van der Waals surface area contributed by atoms with Crippen LogP contribution in [0.3, 0.4) is 0 Å². The van der Waals surface area contributed by atoms with Gasteiger partial charge < -0.3 is 10.1 Å². The van der Waals surface area contributed by atoms with Gasteiger partial charge in [0.1, 0.15) is 5.25 Å². The van der Waals surface area contributed by atoms with Crippen molar-refractivity contribution in [3.63, 3.8) is 0 Å². The first-order chi connectivity index (χ1) is 13.5. The van der Waals surface area contributed by atoms with Crippen molar-refractivity contribution >= 4 is 64.8 Å². The largest absolute Gasteiger partial charge is 0.354 e. The predicted octanol–water partition coefficient (Wildman–Crippen LogP) is 1.86. The van der Waals surface area contributed by atoms with Gasteiger partial charge >= 0.3 is 0 Å². The lowest BCUT2D eigenvalue weighted by Gasteiger charge is -2.22. The first kappa shape index (κ1) is 26.4. The lowest BCUT2D eigenvalue weighted by molar-refractivity contribution is -0.138. The zero-order chi connectivity index (χ0) is 22.0. The molecule has 2 radical (unpaired) electrons. The molecule has 1 saturated heterocycles. The van der Waals surface area contributed by atoms with E-state index in [0.29, 0.717) is 12.8 Å². The normalized spacial score (nSPS) is 17.3. The van der Waals surface area contributed by atoms with E-state index in [-0.39, 0.29) is 52.9 Å². The molecule has 3 amide bonds. The average Bonchev–Trinajstić information content (AvgIpc) is 2.86. The molecule has 1 fully saturated rings. The summed E-state index contributed by atoms with van der Waals surface area (Å²) in [7, 11) is 12.2. The van der Waals surface area contributed by atoms with Gasteiger partial charge in [-0.3, -0.25) is 23.6 Å². The van der Waals surface area contributed by atoms with Gasteiger partial charge in [0, 0.05) is 36.4 Å². The summed E-state index contributed by atoms with van der Waals surface area (Å²) in [6, 6.07) is 0. The number of imide groups is 1. The number of hydrogen-bond acceptors (Lipinski definition) is 8. The minimum Gasteiger partial charge on any atom is -0.354 e. The summed E-state index contributed by atoms with van der Waals surface area (Å²) in [4.78, 5) is 48.3. The maximum atomic E-state index is 12.3. The van der Waals surface area contributed by atoms with Crippen LogP contribution in [-0.4, -0.2) is 83.4 Å². The Morgan fingerprint density at radius 1 is 1.28 bits per heavy atom. The molecule has 0 aromatic rings. The van der Waals surface area contributed by atoms with Gasteiger partial charge in [-0.05, 0) is 47.2 Å². The molecule has 1 heterocycles. The molecule has 0 aromatic heterocycles. The smallest absolute Gasteiger partial charge is 0.244 e. The molecular formula is C18H30BN3O4S3. The van der Waals surface area contributed by atoms with Gasteiger partial charge in [0.05, 0.1) is 5.68 Å². The molecule has 1 rings (SSSR count). The molecule has 1 atom stereocenters. The highest BCUT2D eigenvalue weighted by atomic mass is 33.1. The topological polar surface area (TPSA) is 86.8 Å². The van der Waals surface area contributed by atoms with Crippen molar-refractivity contribution in [3.8, 4) is 0 Å². The van der Waals surface area contributed by atoms with E-state index in [0.717, 1.165) is 18.6 Å². The van der Waals surface area contributed by atoms with Crippen molar-refractivity contribution in [2.75, 3.05) is 32.9 Å². The molecule has 0 aliphatic carbocycles. The lowest BCUT2D eigenvalue weighted by Crippen LogP contribution is -2.39. The molecule has 7 nitrogen and oxygen atoms in total. The van der Waals surface area contributed by atoms with E-state index in [1.165, 1.54) is 16.8 Å². The third kappa shape index (κ3) is 10.8. The minimum atomic E-state index is -0.366. The molecule has 11 heteroatoms. The van der Waals surface area contributed by atoms with E-state index in [1.54, 1.807) is 21.6 Å². The number of rotatable bonds is 14.